The van der Waals surface area contributed by atoms with E-state index in [2.05, 4.69) is 9.88 Å². The van der Waals surface area contributed by atoms with Crippen molar-refractivity contribution in [2.45, 2.75) is 0 Å². The van der Waals surface area contributed by atoms with Crippen LogP contribution < -0.4 is 11.1 Å². The predicted molar refractivity (Wildman–Crippen MR) is 116 cm³/mol. The molecule has 0 aliphatic carbocycles. The van der Waals surface area contributed by atoms with Gasteiger partial charge in [-0.15, -0.1) is 0 Å². The van der Waals surface area contributed by atoms with Crippen LogP contribution in [0.4, 0.5) is 5.69 Å². The maximum atomic E-state index is 13.3. The third-order valence-electron chi connectivity index (χ3n) is 5.06. The van der Waals surface area contributed by atoms with Crippen molar-refractivity contribution in [3.8, 4) is 11.3 Å². The lowest BCUT2D eigenvalue weighted by atomic mass is 10.0. The summed E-state index contributed by atoms with van der Waals surface area (Å²) in [6.07, 6.45) is 0. The van der Waals surface area contributed by atoms with E-state index in [0.717, 1.165) is 22.2 Å². The maximum absolute atomic E-state index is 13.3. The van der Waals surface area contributed by atoms with E-state index >= 15 is 0 Å². The molecule has 0 aliphatic rings. The molecule has 1 amide bonds. The van der Waals surface area contributed by atoms with Crippen LogP contribution in [0.5, 0.6) is 0 Å². The second-order valence-corrected chi connectivity index (χ2v) is 6.85. The van der Waals surface area contributed by atoms with Crippen molar-refractivity contribution in [1.82, 2.24) is 4.57 Å². The van der Waals surface area contributed by atoms with E-state index in [1.165, 1.54) is 0 Å². The monoisotopic (exact) mass is 383 g/mol. The number of nitrogens with zero attached hydrogens (tertiary/aromatic N) is 1. The number of anilines is 1. The number of hydrogen-bond acceptors (Lipinski definition) is 3. The highest BCUT2D eigenvalue weighted by molar-refractivity contribution is 6.15. The molecule has 0 radical (unpaired) electrons. The number of Topliss-reactive ketones (excluding diaryl/α,β-unsaturated/α-hetero) is 1. The molecule has 0 fully saturated rings. The van der Waals surface area contributed by atoms with Crippen LogP contribution in [-0.2, 0) is 7.05 Å². The van der Waals surface area contributed by atoms with Crippen molar-refractivity contribution in [1.29, 1.82) is 0 Å². The Morgan fingerprint density at radius 3 is 2.31 bits per heavy atom. The summed E-state index contributed by atoms with van der Waals surface area (Å²) in [6.45, 7) is 0.0537. The van der Waals surface area contributed by atoms with E-state index in [-0.39, 0.29) is 12.3 Å². The quantitative estimate of drug-likeness (QED) is 0.489. The molecule has 0 saturated heterocycles. The molecule has 4 aromatic rings. The topological polar surface area (TPSA) is 77.1 Å². The molecule has 3 aromatic carbocycles. The Morgan fingerprint density at radius 1 is 0.897 bits per heavy atom. The van der Waals surface area contributed by atoms with Gasteiger partial charge in [0.25, 0.3) is 5.91 Å². The molecule has 0 atom stereocenters. The molecule has 1 aromatic heterocycles. The average molecular weight is 383 g/mol. The number of fused-ring (bicyclic) bond motifs is 1. The number of rotatable bonds is 6. The van der Waals surface area contributed by atoms with E-state index in [1.54, 1.807) is 24.3 Å². The van der Waals surface area contributed by atoms with Gasteiger partial charge >= 0.3 is 0 Å². The lowest BCUT2D eigenvalue weighted by molar-refractivity contribution is 0.0992. The van der Waals surface area contributed by atoms with Crippen LogP contribution in [0.3, 0.4) is 0 Å². The van der Waals surface area contributed by atoms with Crippen LogP contribution in [0.15, 0.2) is 78.9 Å². The number of amides is 1. The van der Waals surface area contributed by atoms with Crippen molar-refractivity contribution in [2.24, 2.45) is 12.8 Å². The Bertz CT molecular complexity index is 1210. The molecule has 1 heterocycles. The highest BCUT2D eigenvalue weighted by Crippen LogP contribution is 2.33. The van der Waals surface area contributed by atoms with Gasteiger partial charge in [0.1, 0.15) is 0 Å². The number of benzene rings is 3. The molecule has 29 heavy (non-hydrogen) atoms. The zero-order valence-electron chi connectivity index (χ0n) is 16.1. The summed E-state index contributed by atoms with van der Waals surface area (Å²) in [5.74, 6) is -0.587. The minimum absolute atomic E-state index is 0.0537. The Labute approximate surface area is 168 Å². The first kappa shape index (κ1) is 18.5. The second kappa shape index (κ2) is 7.64. The molecule has 3 N–H and O–H groups in total. The second-order valence-electron chi connectivity index (χ2n) is 6.85. The van der Waals surface area contributed by atoms with E-state index < -0.39 is 5.91 Å². The number of para-hydroxylation sites is 2. The molecule has 0 bridgehead atoms. The summed E-state index contributed by atoms with van der Waals surface area (Å²) in [7, 11) is 1.97. The summed E-state index contributed by atoms with van der Waals surface area (Å²) in [5, 5.41) is 3.99. The van der Waals surface area contributed by atoms with Gasteiger partial charge in [-0.3, -0.25) is 9.59 Å². The summed E-state index contributed by atoms with van der Waals surface area (Å²) >= 11 is 0. The Balaban J connectivity index is 1.76. The lowest BCUT2D eigenvalue weighted by Crippen LogP contribution is -2.19. The number of aryl methyl sites for hydroxylation is 1. The largest absolute Gasteiger partial charge is 0.377 e. The van der Waals surface area contributed by atoms with Gasteiger partial charge in [-0.05, 0) is 23.8 Å². The smallest absolute Gasteiger partial charge is 0.250 e. The zero-order valence-corrected chi connectivity index (χ0v) is 16.1. The molecule has 5 nitrogen and oxygen atoms in total. The fourth-order valence-electron chi connectivity index (χ4n) is 3.73. The van der Waals surface area contributed by atoms with Crippen molar-refractivity contribution in [3.63, 3.8) is 0 Å². The van der Waals surface area contributed by atoms with Gasteiger partial charge in [0.05, 0.1) is 23.4 Å². The van der Waals surface area contributed by atoms with E-state index in [4.69, 9.17) is 5.73 Å². The SMILES string of the molecule is Cn1c(-c2ccccc2)c(C(=O)CNc2ccccc2C(N)=O)c2ccccc21. The fraction of sp³-hybridized carbons (Fsp3) is 0.0833. The van der Waals surface area contributed by atoms with Crippen LogP contribution in [-0.4, -0.2) is 22.8 Å². The van der Waals surface area contributed by atoms with Crippen molar-refractivity contribution in [2.75, 3.05) is 11.9 Å². The van der Waals surface area contributed by atoms with Gasteiger partial charge < -0.3 is 15.6 Å². The zero-order chi connectivity index (χ0) is 20.4. The molecule has 0 unspecified atom stereocenters. The summed E-state index contributed by atoms with van der Waals surface area (Å²) < 4.78 is 2.05. The van der Waals surface area contributed by atoms with E-state index in [1.807, 2.05) is 61.6 Å². The van der Waals surface area contributed by atoms with Gasteiger partial charge in [0, 0.05) is 23.6 Å². The molecular formula is C24H21N3O2. The summed E-state index contributed by atoms with van der Waals surface area (Å²) in [5.41, 5.74) is 9.87. The number of ketones is 1. The van der Waals surface area contributed by atoms with Crippen LogP contribution in [0.25, 0.3) is 22.2 Å². The normalized spacial score (nSPS) is 10.8. The van der Waals surface area contributed by atoms with Gasteiger partial charge in [-0.2, -0.15) is 0 Å². The summed E-state index contributed by atoms with van der Waals surface area (Å²) in [4.78, 5) is 25.0. The van der Waals surface area contributed by atoms with Gasteiger partial charge in [-0.25, -0.2) is 0 Å². The maximum Gasteiger partial charge on any atom is 0.250 e. The number of nitrogens with one attached hydrogen (secondary N) is 1. The average Bonchev–Trinajstić information content (AvgIpc) is 3.05. The van der Waals surface area contributed by atoms with Gasteiger partial charge in [-0.1, -0.05) is 60.7 Å². The van der Waals surface area contributed by atoms with E-state index in [9.17, 15) is 9.59 Å². The number of hydrogen-bond donors (Lipinski definition) is 2. The van der Waals surface area contributed by atoms with Gasteiger partial charge in [0.15, 0.2) is 5.78 Å². The predicted octanol–water partition coefficient (Wildman–Crippen LogP) is 4.24. The van der Waals surface area contributed by atoms with Crippen LogP contribution in [0.2, 0.25) is 0 Å². The first-order chi connectivity index (χ1) is 14.1. The van der Waals surface area contributed by atoms with Crippen LogP contribution >= 0.6 is 0 Å². The van der Waals surface area contributed by atoms with Crippen LogP contribution in [0, 0.1) is 0 Å². The Morgan fingerprint density at radius 2 is 1.55 bits per heavy atom. The highest BCUT2D eigenvalue weighted by Gasteiger charge is 2.22. The Hall–Kier alpha value is -3.86. The molecule has 144 valence electrons. The number of aromatic nitrogens is 1. The third-order valence-corrected chi connectivity index (χ3v) is 5.06. The third kappa shape index (κ3) is 3.38. The molecule has 0 aliphatic heterocycles. The standard InChI is InChI=1S/C24H21N3O2/c1-27-20-14-8-6-12-18(20)22(23(27)16-9-3-2-4-10-16)21(28)15-26-19-13-7-5-11-17(19)24(25)29/h2-14,26H,15H2,1H3,(H2,25,29). The fourth-order valence-corrected chi connectivity index (χ4v) is 3.73. The van der Waals surface area contributed by atoms with E-state index in [0.29, 0.717) is 16.8 Å². The molecule has 0 saturated carbocycles. The molecule has 5 heteroatoms. The highest BCUT2D eigenvalue weighted by atomic mass is 16.1. The number of carbonyl (C=O) groups is 2. The van der Waals surface area contributed by atoms with Crippen molar-refractivity contribution >= 4 is 28.3 Å². The van der Waals surface area contributed by atoms with Crippen LogP contribution in [0.1, 0.15) is 20.7 Å². The summed E-state index contributed by atoms with van der Waals surface area (Å²) in [6, 6.07) is 24.7. The molecule has 4 rings (SSSR count). The van der Waals surface area contributed by atoms with Crippen molar-refractivity contribution in [3.05, 3.63) is 90.0 Å². The van der Waals surface area contributed by atoms with Crippen molar-refractivity contribution < 1.29 is 9.59 Å². The Kier molecular flexibility index (Phi) is 4.87. The number of carbonyl (C=O) groups excluding carboxylic acids is 2. The number of primary amides is 1. The number of nitrogens with two attached hydrogens (primary N) is 1. The lowest BCUT2D eigenvalue weighted by Gasteiger charge is -2.11. The molecule has 0 spiro atoms. The first-order valence-corrected chi connectivity index (χ1v) is 9.36. The first-order valence-electron chi connectivity index (χ1n) is 9.36. The van der Waals surface area contributed by atoms with Gasteiger partial charge in [0.2, 0.25) is 0 Å². The minimum Gasteiger partial charge on any atom is -0.377 e. The minimum atomic E-state index is -0.532. The molecular weight excluding hydrogens is 362 g/mol.